The van der Waals surface area contributed by atoms with E-state index in [2.05, 4.69) is 34.7 Å². The van der Waals surface area contributed by atoms with Crippen molar-refractivity contribution in [2.75, 3.05) is 26.8 Å². The number of aromatic hydroxyl groups is 1. The second-order valence-corrected chi connectivity index (χ2v) is 13.2. The van der Waals surface area contributed by atoms with Crippen LogP contribution in [0.15, 0.2) is 42.1 Å². The summed E-state index contributed by atoms with van der Waals surface area (Å²) in [5.41, 5.74) is 3.46. The van der Waals surface area contributed by atoms with Crippen LogP contribution in [-0.4, -0.2) is 59.7 Å². The Balaban J connectivity index is 1.42. The maximum atomic E-state index is 12.8. The fourth-order valence-corrected chi connectivity index (χ4v) is 8.18. The van der Waals surface area contributed by atoms with Crippen molar-refractivity contribution in [1.29, 1.82) is 0 Å². The number of unbranched alkanes of at least 4 members (excludes halogenated alkanes) is 4. The van der Waals surface area contributed by atoms with Crippen LogP contribution in [0.25, 0.3) is 0 Å². The zero-order chi connectivity index (χ0) is 31.1. The number of hydrogen-bond donors (Lipinski definition) is 5. The molecule has 8 nitrogen and oxygen atoms in total. The molecule has 0 radical (unpaired) electrons. The molecular weight excluding hydrogens is 554 g/mol. The number of piperidine rings is 2. The predicted octanol–water partition coefficient (Wildman–Crippen LogP) is 5.34. The zero-order valence-electron chi connectivity index (χ0n) is 26.5. The highest BCUT2D eigenvalue weighted by atomic mass is 16.5. The number of ether oxygens (including phenoxy) is 1. The molecule has 5 atom stereocenters. The first-order chi connectivity index (χ1) is 21.4. The van der Waals surface area contributed by atoms with Gasteiger partial charge in [0, 0.05) is 54.1 Å². The quantitative estimate of drug-likeness (QED) is 0.0994. The van der Waals surface area contributed by atoms with Crippen LogP contribution in [0, 0.1) is 17.3 Å². The van der Waals surface area contributed by atoms with E-state index >= 15 is 0 Å². The number of H-pyrrole nitrogens is 1. The number of carbonyl (C=O) groups is 2. The van der Waals surface area contributed by atoms with Crippen molar-refractivity contribution >= 4 is 11.6 Å². The Morgan fingerprint density at radius 2 is 1.86 bits per heavy atom. The van der Waals surface area contributed by atoms with E-state index < -0.39 is 5.41 Å². The maximum Gasteiger partial charge on any atom is 0.161 e. The van der Waals surface area contributed by atoms with Crippen LogP contribution in [0.3, 0.4) is 0 Å². The molecule has 240 valence electrons. The number of ketones is 2. The highest BCUT2D eigenvalue weighted by Crippen LogP contribution is 2.58. The molecule has 44 heavy (non-hydrogen) atoms. The van der Waals surface area contributed by atoms with Crippen molar-refractivity contribution in [2.45, 2.75) is 96.1 Å². The van der Waals surface area contributed by atoms with Crippen molar-refractivity contribution in [3.63, 3.8) is 0 Å². The summed E-state index contributed by atoms with van der Waals surface area (Å²) in [4.78, 5) is 28.6. The number of methoxy groups -OCH3 is 1. The highest BCUT2D eigenvalue weighted by Gasteiger charge is 2.53. The Morgan fingerprint density at radius 3 is 2.61 bits per heavy atom. The minimum atomic E-state index is -0.624. The Hall–Kier alpha value is -2.94. The van der Waals surface area contributed by atoms with Gasteiger partial charge in [0.2, 0.25) is 0 Å². The van der Waals surface area contributed by atoms with Gasteiger partial charge in [-0.25, -0.2) is 0 Å². The van der Waals surface area contributed by atoms with E-state index in [9.17, 15) is 19.8 Å². The van der Waals surface area contributed by atoms with Crippen molar-refractivity contribution in [1.82, 2.24) is 15.6 Å². The second-order valence-electron chi connectivity index (χ2n) is 13.2. The molecule has 5 N–H and O–H groups in total. The van der Waals surface area contributed by atoms with E-state index in [0.29, 0.717) is 25.0 Å². The van der Waals surface area contributed by atoms with E-state index in [-0.39, 0.29) is 60.7 Å². The average molecular weight is 606 g/mol. The van der Waals surface area contributed by atoms with Crippen LogP contribution >= 0.6 is 0 Å². The Morgan fingerprint density at radius 1 is 1.07 bits per heavy atom. The lowest BCUT2D eigenvalue weighted by Gasteiger charge is -2.55. The van der Waals surface area contributed by atoms with Crippen molar-refractivity contribution in [3.05, 3.63) is 58.9 Å². The number of aryl methyl sites for hydroxylation is 1. The van der Waals surface area contributed by atoms with Gasteiger partial charge in [0.25, 0.3) is 0 Å². The fourth-order valence-electron chi connectivity index (χ4n) is 8.18. The molecule has 1 aliphatic carbocycles. The van der Waals surface area contributed by atoms with Gasteiger partial charge in [0.05, 0.1) is 26.3 Å². The number of benzene rings is 1. The molecule has 5 unspecified atom stereocenters. The van der Waals surface area contributed by atoms with Crippen LogP contribution in [0.2, 0.25) is 0 Å². The number of nitrogens with one attached hydrogen (secondary N) is 3. The molecule has 2 saturated heterocycles. The number of phenols is 1. The molecule has 3 heterocycles. The second kappa shape index (κ2) is 14.9. The van der Waals surface area contributed by atoms with Gasteiger partial charge in [-0.3, -0.25) is 9.59 Å². The first-order valence-corrected chi connectivity index (χ1v) is 16.7. The summed E-state index contributed by atoms with van der Waals surface area (Å²) in [6.07, 6.45) is 13.4. The Labute approximate surface area is 262 Å². The summed E-state index contributed by atoms with van der Waals surface area (Å²) in [6, 6.07) is 7.87. The lowest BCUT2D eigenvalue weighted by atomic mass is 9.53. The monoisotopic (exact) mass is 605 g/mol. The molecule has 2 aliphatic heterocycles. The topological polar surface area (TPSA) is 124 Å². The molecule has 0 saturated carbocycles. The lowest BCUT2D eigenvalue weighted by molar-refractivity contribution is -0.127. The lowest BCUT2D eigenvalue weighted by Crippen LogP contribution is -2.61. The summed E-state index contributed by atoms with van der Waals surface area (Å²) in [5.74, 6) is 0.737. The summed E-state index contributed by atoms with van der Waals surface area (Å²) in [6.45, 7) is 3.86. The number of rotatable bonds is 16. The van der Waals surface area contributed by atoms with Gasteiger partial charge >= 0.3 is 0 Å². The fraction of sp³-hybridized carbons (Fsp3) is 0.611. The van der Waals surface area contributed by atoms with Crippen LogP contribution in [0.1, 0.15) is 93.9 Å². The van der Waals surface area contributed by atoms with Gasteiger partial charge in [-0.1, -0.05) is 50.3 Å². The molecule has 1 aromatic heterocycles. The predicted molar refractivity (Wildman–Crippen MR) is 172 cm³/mol. The minimum absolute atomic E-state index is 0.0129. The molecular formula is C36H51N3O5. The van der Waals surface area contributed by atoms with E-state index in [4.69, 9.17) is 4.74 Å². The summed E-state index contributed by atoms with van der Waals surface area (Å²) < 4.78 is 5.68. The third kappa shape index (κ3) is 7.13. The molecule has 0 bridgehead atoms. The SMILES string of the molecule is CCCCCCCC(=O)CC(=O)CCc1cc(OC)c(O)c(C2C3CCNC4NCCC(=CC2(CO)Cc2ccc[nH]2)C43)c1. The van der Waals surface area contributed by atoms with Gasteiger partial charge in [-0.2, -0.15) is 0 Å². The number of aromatic amines is 1. The zero-order valence-corrected chi connectivity index (χ0v) is 26.5. The Bertz CT molecular complexity index is 1300. The number of aliphatic hydroxyl groups excluding tert-OH is 1. The van der Waals surface area contributed by atoms with E-state index in [1.165, 1.54) is 18.4 Å². The standard InChI is InChI=1S/C36H51N3O5/c1-3-4-5-6-7-10-27(41)20-28(42)12-11-24-18-30(34(43)31(19-24)44-2)33-29-14-17-39-35-32(29)25(13-16-38-35)21-36(33,23-40)22-26-9-8-15-37-26/h8-9,15,18-19,21,29,32-33,35,37-40,43H,3-7,10-14,16-17,20,22-23H2,1-2H3. The number of phenolic OH excluding ortho intramolecular Hbond substituents is 1. The van der Waals surface area contributed by atoms with E-state index in [1.54, 1.807) is 7.11 Å². The summed E-state index contributed by atoms with van der Waals surface area (Å²) >= 11 is 0. The number of Topliss-reactive ketones (excluding diaryl/α,β-unsaturated/α-hetero) is 2. The van der Waals surface area contributed by atoms with Crippen LogP contribution < -0.4 is 15.4 Å². The van der Waals surface area contributed by atoms with Crippen molar-refractivity contribution in [2.24, 2.45) is 17.3 Å². The van der Waals surface area contributed by atoms with Gasteiger partial charge in [-0.05, 0) is 68.3 Å². The highest BCUT2D eigenvalue weighted by molar-refractivity contribution is 5.99. The third-order valence-electron chi connectivity index (χ3n) is 10.2. The first-order valence-electron chi connectivity index (χ1n) is 16.7. The van der Waals surface area contributed by atoms with E-state index in [1.807, 2.05) is 24.4 Å². The number of aliphatic hydroxyl groups is 1. The van der Waals surface area contributed by atoms with Crippen molar-refractivity contribution < 1.29 is 24.5 Å². The maximum absolute atomic E-state index is 12.8. The minimum Gasteiger partial charge on any atom is -0.504 e. The molecule has 8 heteroatoms. The first kappa shape index (κ1) is 32.5. The van der Waals surface area contributed by atoms with Gasteiger partial charge in [-0.15, -0.1) is 0 Å². The van der Waals surface area contributed by atoms with Crippen LogP contribution in [-0.2, 0) is 22.4 Å². The molecule has 1 aromatic carbocycles. The molecule has 2 fully saturated rings. The molecule has 3 aliphatic rings. The molecule has 2 aromatic rings. The normalized spacial score (nSPS) is 26.1. The summed E-state index contributed by atoms with van der Waals surface area (Å²) in [7, 11) is 1.55. The number of hydrogen-bond acceptors (Lipinski definition) is 7. The Kier molecular flexibility index (Phi) is 11.0. The largest absolute Gasteiger partial charge is 0.504 e. The van der Waals surface area contributed by atoms with E-state index in [0.717, 1.165) is 62.0 Å². The van der Waals surface area contributed by atoms with Gasteiger partial charge < -0.3 is 30.6 Å². The van der Waals surface area contributed by atoms with Crippen LogP contribution in [0.5, 0.6) is 11.5 Å². The average Bonchev–Trinajstić information content (AvgIpc) is 3.54. The van der Waals surface area contributed by atoms with Gasteiger partial charge in [0.15, 0.2) is 11.5 Å². The van der Waals surface area contributed by atoms with Gasteiger partial charge in [0.1, 0.15) is 11.6 Å². The smallest absolute Gasteiger partial charge is 0.161 e. The molecule has 5 rings (SSSR count). The third-order valence-corrected chi connectivity index (χ3v) is 10.2. The summed E-state index contributed by atoms with van der Waals surface area (Å²) in [5, 5.41) is 30.2. The molecule has 0 spiro atoms. The van der Waals surface area contributed by atoms with Crippen LogP contribution in [0.4, 0.5) is 0 Å². The number of aromatic nitrogens is 1. The number of carbonyl (C=O) groups excluding carboxylic acids is 2. The molecule has 0 amide bonds. The van der Waals surface area contributed by atoms with Crippen molar-refractivity contribution in [3.8, 4) is 11.5 Å².